The van der Waals surface area contributed by atoms with E-state index < -0.39 is 0 Å². The molecule has 19 heavy (non-hydrogen) atoms. The number of hydrogen-bond donors (Lipinski definition) is 1. The molecule has 0 spiro atoms. The maximum Gasteiger partial charge on any atom is 0.221 e. The van der Waals surface area contributed by atoms with Crippen LogP contribution in [0.5, 0.6) is 0 Å². The smallest absolute Gasteiger partial charge is 0.221 e. The van der Waals surface area contributed by atoms with Crippen molar-refractivity contribution in [2.45, 2.75) is 32.7 Å². The number of halogens is 1. The highest BCUT2D eigenvalue weighted by Crippen LogP contribution is 2.34. The van der Waals surface area contributed by atoms with Gasteiger partial charge in [0.2, 0.25) is 11.8 Å². The fourth-order valence-corrected chi connectivity index (χ4v) is 2.55. The summed E-state index contributed by atoms with van der Waals surface area (Å²) in [6, 6.07) is 4.42. The van der Waals surface area contributed by atoms with E-state index >= 15 is 0 Å². The van der Waals surface area contributed by atoms with Gasteiger partial charge in [0, 0.05) is 31.6 Å². The fourth-order valence-electron chi connectivity index (χ4n) is 2.55. The summed E-state index contributed by atoms with van der Waals surface area (Å²) in [6.07, 6.45) is 1.66. The molecule has 1 fully saturated rings. The molecule has 0 radical (unpaired) electrons. The van der Waals surface area contributed by atoms with Crippen LogP contribution in [0.4, 0.5) is 10.1 Å². The van der Waals surface area contributed by atoms with Gasteiger partial charge in [-0.2, -0.15) is 0 Å². The Morgan fingerprint density at radius 1 is 1.37 bits per heavy atom. The van der Waals surface area contributed by atoms with Gasteiger partial charge in [-0.1, -0.05) is 6.07 Å². The molecule has 1 aromatic carbocycles. The van der Waals surface area contributed by atoms with Crippen molar-refractivity contribution >= 4 is 17.5 Å². The van der Waals surface area contributed by atoms with Crippen LogP contribution < -0.4 is 5.32 Å². The predicted molar refractivity (Wildman–Crippen MR) is 70.1 cm³/mol. The zero-order chi connectivity index (χ0) is 14.0. The van der Waals surface area contributed by atoms with Crippen LogP contribution in [0, 0.1) is 5.82 Å². The van der Waals surface area contributed by atoms with E-state index in [1.165, 1.54) is 19.9 Å². The predicted octanol–water partition coefficient (Wildman–Crippen LogP) is 2.47. The van der Waals surface area contributed by atoms with E-state index in [9.17, 15) is 14.0 Å². The van der Waals surface area contributed by atoms with Gasteiger partial charge in [-0.3, -0.25) is 9.59 Å². The SMILES string of the molecule is CC(=O)Nc1ccc([C@H]2CCCN2C(C)=O)c(F)c1. The van der Waals surface area contributed by atoms with Crippen molar-refractivity contribution < 1.29 is 14.0 Å². The van der Waals surface area contributed by atoms with Crippen molar-refractivity contribution in [2.75, 3.05) is 11.9 Å². The Kier molecular flexibility index (Phi) is 3.83. The van der Waals surface area contributed by atoms with Crippen LogP contribution in [0.3, 0.4) is 0 Å². The van der Waals surface area contributed by atoms with Crippen LogP contribution in [0.1, 0.15) is 38.3 Å². The summed E-state index contributed by atoms with van der Waals surface area (Å²) < 4.78 is 14.1. The first-order valence-corrected chi connectivity index (χ1v) is 6.33. The van der Waals surface area contributed by atoms with Gasteiger partial charge in [0.15, 0.2) is 0 Å². The molecule has 1 N–H and O–H groups in total. The molecule has 1 aliphatic heterocycles. The van der Waals surface area contributed by atoms with E-state index in [2.05, 4.69) is 5.32 Å². The maximum absolute atomic E-state index is 14.1. The molecule has 4 nitrogen and oxygen atoms in total. The van der Waals surface area contributed by atoms with Crippen molar-refractivity contribution in [3.63, 3.8) is 0 Å². The molecular weight excluding hydrogens is 247 g/mol. The first kappa shape index (κ1) is 13.5. The standard InChI is InChI=1S/C14H17FN2O2/c1-9(18)16-11-5-6-12(13(15)8-11)14-4-3-7-17(14)10(2)19/h5-6,8,14H,3-4,7H2,1-2H3,(H,16,18)/t14-/m1/s1. The van der Waals surface area contributed by atoms with E-state index in [1.807, 2.05) is 0 Å². The third kappa shape index (κ3) is 2.92. The lowest BCUT2D eigenvalue weighted by atomic mass is 10.0. The minimum Gasteiger partial charge on any atom is -0.336 e. The second-order valence-corrected chi connectivity index (χ2v) is 4.79. The van der Waals surface area contributed by atoms with E-state index in [4.69, 9.17) is 0 Å². The molecule has 0 saturated carbocycles. The Morgan fingerprint density at radius 2 is 2.11 bits per heavy atom. The third-order valence-corrected chi connectivity index (χ3v) is 3.34. The summed E-state index contributed by atoms with van der Waals surface area (Å²) in [5.74, 6) is -0.657. The Labute approximate surface area is 111 Å². The summed E-state index contributed by atoms with van der Waals surface area (Å²) in [7, 11) is 0. The van der Waals surface area contributed by atoms with E-state index in [-0.39, 0.29) is 23.7 Å². The summed E-state index contributed by atoms with van der Waals surface area (Å²) >= 11 is 0. The van der Waals surface area contributed by atoms with Crippen molar-refractivity contribution in [3.8, 4) is 0 Å². The molecule has 1 atom stereocenters. The molecule has 0 aliphatic carbocycles. The van der Waals surface area contributed by atoms with Crippen LogP contribution >= 0.6 is 0 Å². The Bertz CT molecular complexity index is 516. The van der Waals surface area contributed by atoms with Crippen LogP contribution in [0.25, 0.3) is 0 Å². The molecule has 1 aromatic rings. The van der Waals surface area contributed by atoms with Crippen LogP contribution in [0.2, 0.25) is 0 Å². The van der Waals surface area contributed by atoms with Crippen molar-refractivity contribution in [1.82, 2.24) is 4.90 Å². The van der Waals surface area contributed by atoms with Gasteiger partial charge >= 0.3 is 0 Å². The average Bonchev–Trinajstić information content (AvgIpc) is 2.77. The lowest BCUT2D eigenvalue weighted by Crippen LogP contribution is -2.28. The Morgan fingerprint density at radius 3 is 2.68 bits per heavy atom. The summed E-state index contributed by atoms with van der Waals surface area (Å²) in [4.78, 5) is 24.1. The van der Waals surface area contributed by atoms with E-state index in [1.54, 1.807) is 17.0 Å². The number of likely N-dealkylation sites (tertiary alicyclic amines) is 1. The molecule has 0 aromatic heterocycles. The first-order chi connectivity index (χ1) is 8.99. The number of nitrogens with zero attached hydrogens (tertiary/aromatic N) is 1. The minimum absolute atomic E-state index is 0.0344. The van der Waals surface area contributed by atoms with Crippen molar-refractivity contribution in [3.05, 3.63) is 29.6 Å². The second kappa shape index (κ2) is 5.38. The van der Waals surface area contributed by atoms with Gasteiger partial charge in [-0.25, -0.2) is 4.39 Å². The first-order valence-electron chi connectivity index (χ1n) is 6.33. The fraction of sp³-hybridized carbons (Fsp3) is 0.429. The number of anilines is 1. The minimum atomic E-state index is -0.385. The normalized spacial score (nSPS) is 18.5. The Balaban J connectivity index is 2.25. The van der Waals surface area contributed by atoms with Gasteiger partial charge in [-0.05, 0) is 25.0 Å². The quantitative estimate of drug-likeness (QED) is 0.892. The molecule has 0 bridgehead atoms. The van der Waals surface area contributed by atoms with Gasteiger partial charge in [0.25, 0.3) is 0 Å². The monoisotopic (exact) mass is 264 g/mol. The summed E-state index contributed by atoms with van der Waals surface area (Å²) in [5, 5.41) is 2.54. The van der Waals surface area contributed by atoms with Gasteiger partial charge in [0.05, 0.1) is 6.04 Å². The highest BCUT2D eigenvalue weighted by molar-refractivity contribution is 5.88. The lowest BCUT2D eigenvalue weighted by molar-refractivity contribution is -0.129. The van der Waals surface area contributed by atoms with Gasteiger partial charge in [-0.15, -0.1) is 0 Å². The molecule has 1 heterocycles. The van der Waals surface area contributed by atoms with Crippen molar-refractivity contribution in [1.29, 1.82) is 0 Å². The molecule has 0 unspecified atom stereocenters. The molecule has 1 saturated heterocycles. The summed E-state index contributed by atoms with van der Waals surface area (Å²) in [6.45, 7) is 3.55. The van der Waals surface area contributed by atoms with Gasteiger partial charge < -0.3 is 10.2 Å². The molecule has 2 amide bonds. The number of hydrogen-bond acceptors (Lipinski definition) is 2. The lowest BCUT2D eigenvalue weighted by Gasteiger charge is -2.24. The number of carbonyl (C=O) groups is 2. The third-order valence-electron chi connectivity index (χ3n) is 3.34. The van der Waals surface area contributed by atoms with E-state index in [0.29, 0.717) is 17.8 Å². The highest BCUT2D eigenvalue weighted by Gasteiger charge is 2.29. The number of benzene rings is 1. The van der Waals surface area contributed by atoms with Crippen LogP contribution in [-0.4, -0.2) is 23.3 Å². The maximum atomic E-state index is 14.1. The topological polar surface area (TPSA) is 49.4 Å². The van der Waals surface area contributed by atoms with E-state index in [0.717, 1.165) is 12.8 Å². The zero-order valence-corrected chi connectivity index (χ0v) is 11.1. The second-order valence-electron chi connectivity index (χ2n) is 4.79. The number of nitrogens with one attached hydrogen (secondary N) is 1. The van der Waals surface area contributed by atoms with Crippen LogP contribution in [-0.2, 0) is 9.59 Å². The number of amides is 2. The summed E-state index contributed by atoms with van der Waals surface area (Å²) in [5.41, 5.74) is 0.947. The zero-order valence-electron chi connectivity index (χ0n) is 11.1. The highest BCUT2D eigenvalue weighted by atomic mass is 19.1. The number of rotatable bonds is 2. The molecule has 5 heteroatoms. The van der Waals surface area contributed by atoms with Crippen molar-refractivity contribution in [2.24, 2.45) is 0 Å². The van der Waals surface area contributed by atoms with Gasteiger partial charge in [0.1, 0.15) is 5.82 Å². The molecule has 1 aliphatic rings. The average molecular weight is 264 g/mol. The Hall–Kier alpha value is -1.91. The molecule has 102 valence electrons. The van der Waals surface area contributed by atoms with Crippen LogP contribution in [0.15, 0.2) is 18.2 Å². The largest absolute Gasteiger partial charge is 0.336 e. The molecule has 2 rings (SSSR count). The number of carbonyl (C=O) groups excluding carboxylic acids is 2. The molecular formula is C14H17FN2O2.